The Morgan fingerprint density at radius 2 is 2.24 bits per heavy atom. The van der Waals surface area contributed by atoms with Gasteiger partial charge in [0.05, 0.1) is 5.92 Å². The predicted molar refractivity (Wildman–Crippen MR) is 76.4 cm³/mol. The van der Waals surface area contributed by atoms with E-state index >= 15 is 0 Å². The zero-order valence-corrected chi connectivity index (χ0v) is 13.1. The minimum absolute atomic E-state index is 0.0134. The van der Waals surface area contributed by atoms with Crippen molar-refractivity contribution in [2.75, 3.05) is 13.1 Å². The Labute approximate surface area is 124 Å². The molecule has 1 aromatic rings. The number of carboxylic acid groups (broad SMARTS) is 1. The molecule has 118 valence electrons. The van der Waals surface area contributed by atoms with E-state index in [1.165, 1.54) is 4.31 Å². The van der Waals surface area contributed by atoms with E-state index in [4.69, 9.17) is 5.11 Å². The van der Waals surface area contributed by atoms with Crippen LogP contribution in [0.4, 0.5) is 0 Å². The molecule has 0 aliphatic carbocycles. The molecule has 2 heterocycles. The highest BCUT2D eigenvalue weighted by atomic mass is 32.2. The molecule has 8 heteroatoms. The first-order valence-electron chi connectivity index (χ1n) is 7.13. The van der Waals surface area contributed by atoms with E-state index in [9.17, 15) is 13.2 Å². The molecule has 1 N–H and O–H groups in total. The predicted octanol–water partition coefficient (Wildman–Crippen LogP) is 1.09. The van der Waals surface area contributed by atoms with Crippen LogP contribution in [0.1, 0.15) is 32.0 Å². The summed E-state index contributed by atoms with van der Waals surface area (Å²) < 4.78 is 28.2. The third-order valence-electron chi connectivity index (χ3n) is 3.76. The number of rotatable bonds is 5. The average Bonchev–Trinajstić information content (AvgIpc) is 2.81. The molecule has 1 fully saturated rings. The summed E-state index contributed by atoms with van der Waals surface area (Å²) in [6, 6.07) is 0. The summed E-state index contributed by atoms with van der Waals surface area (Å²) in [6.07, 6.45) is 3.51. The molecule has 0 aromatic carbocycles. The highest BCUT2D eigenvalue weighted by molar-refractivity contribution is 7.89. The number of carbonyl (C=O) groups is 1. The number of carboxylic acids is 1. The maximum atomic E-state index is 12.6. The van der Waals surface area contributed by atoms with Crippen LogP contribution >= 0.6 is 0 Å². The summed E-state index contributed by atoms with van der Waals surface area (Å²) in [6.45, 7) is 4.87. The number of nitrogens with zero attached hydrogens (tertiary/aromatic N) is 3. The third kappa shape index (κ3) is 3.26. The minimum Gasteiger partial charge on any atom is -0.481 e. The Morgan fingerprint density at radius 3 is 2.86 bits per heavy atom. The van der Waals surface area contributed by atoms with Crippen molar-refractivity contribution in [1.29, 1.82) is 0 Å². The Kier molecular flexibility index (Phi) is 4.67. The zero-order valence-electron chi connectivity index (χ0n) is 12.3. The van der Waals surface area contributed by atoms with Crippen molar-refractivity contribution in [1.82, 2.24) is 13.9 Å². The molecular formula is C13H21N3O4S. The van der Waals surface area contributed by atoms with E-state index < -0.39 is 21.9 Å². The fourth-order valence-electron chi connectivity index (χ4n) is 2.57. The molecule has 0 saturated carbocycles. The summed E-state index contributed by atoms with van der Waals surface area (Å²) in [4.78, 5) is 15.2. The second kappa shape index (κ2) is 6.15. The first-order valence-corrected chi connectivity index (χ1v) is 8.57. The summed E-state index contributed by atoms with van der Waals surface area (Å²) in [7, 11) is -3.71. The van der Waals surface area contributed by atoms with E-state index in [-0.39, 0.29) is 11.6 Å². The number of imidazole rings is 1. The van der Waals surface area contributed by atoms with Gasteiger partial charge in [0.15, 0.2) is 5.03 Å². The quantitative estimate of drug-likeness (QED) is 0.878. The molecule has 1 aliphatic heterocycles. The lowest BCUT2D eigenvalue weighted by Gasteiger charge is -2.29. The lowest BCUT2D eigenvalue weighted by molar-refractivity contribution is -0.142. The second-order valence-electron chi connectivity index (χ2n) is 5.36. The van der Waals surface area contributed by atoms with Gasteiger partial charge in [0.2, 0.25) is 0 Å². The normalized spacial score (nSPS) is 20.6. The van der Waals surface area contributed by atoms with Gasteiger partial charge in [-0.1, -0.05) is 6.92 Å². The maximum absolute atomic E-state index is 12.6. The van der Waals surface area contributed by atoms with Crippen LogP contribution in [-0.2, 0) is 21.4 Å². The highest BCUT2D eigenvalue weighted by Crippen LogP contribution is 2.23. The van der Waals surface area contributed by atoms with Crippen molar-refractivity contribution in [3.05, 3.63) is 12.0 Å². The molecule has 0 bridgehead atoms. The van der Waals surface area contributed by atoms with Gasteiger partial charge in [-0.3, -0.25) is 4.79 Å². The molecule has 0 spiro atoms. The topological polar surface area (TPSA) is 92.5 Å². The number of aromatic nitrogens is 2. The van der Waals surface area contributed by atoms with Gasteiger partial charge in [-0.05, 0) is 26.2 Å². The molecule has 21 heavy (non-hydrogen) atoms. The van der Waals surface area contributed by atoms with Crippen LogP contribution in [-0.4, -0.2) is 46.4 Å². The molecule has 2 rings (SSSR count). The van der Waals surface area contributed by atoms with Gasteiger partial charge in [-0.2, -0.15) is 4.31 Å². The van der Waals surface area contributed by atoms with Gasteiger partial charge < -0.3 is 9.67 Å². The lowest BCUT2D eigenvalue weighted by Crippen LogP contribution is -2.42. The van der Waals surface area contributed by atoms with Crippen LogP contribution < -0.4 is 0 Å². The van der Waals surface area contributed by atoms with E-state index in [1.807, 2.05) is 11.5 Å². The standard InChI is InChI=1S/C13H21N3O4S/c1-3-6-15-9-12(14-10(15)2)21(19,20)16-7-4-5-11(8-16)13(17)18/h9,11H,3-8H2,1-2H3,(H,17,18)/t11-/m1/s1. The molecule has 1 atom stereocenters. The molecule has 1 saturated heterocycles. The van der Waals surface area contributed by atoms with Crippen LogP contribution in [0.5, 0.6) is 0 Å². The van der Waals surface area contributed by atoms with Crippen LogP contribution in [0.25, 0.3) is 0 Å². The van der Waals surface area contributed by atoms with Crippen LogP contribution in [0.15, 0.2) is 11.2 Å². The Hall–Kier alpha value is -1.41. The number of piperidine rings is 1. The van der Waals surface area contributed by atoms with E-state index in [0.717, 1.165) is 6.42 Å². The number of aryl methyl sites for hydroxylation is 2. The molecular weight excluding hydrogens is 294 g/mol. The van der Waals surface area contributed by atoms with E-state index in [0.29, 0.717) is 31.8 Å². The maximum Gasteiger partial charge on any atom is 0.307 e. The van der Waals surface area contributed by atoms with E-state index in [2.05, 4.69) is 4.98 Å². The van der Waals surface area contributed by atoms with Crippen LogP contribution in [0.2, 0.25) is 0 Å². The van der Waals surface area contributed by atoms with Crippen molar-refractivity contribution in [2.45, 2.75) is 44.7 Å². The first-order chi connectivity index (χ1) is 9.86. The zero-order chi connectivity index (χ0) is 15.6. The minimum atomic E-state index is -3.71. The van der Waals surface area contributed by atoms with Crippen molar-refractivity contribution >= 4 is 16.0 Å². The van der Waals surface area contributed by atoms with Gasteiger partial charge in [0, 0.05) is 25.8 Å². The van der Waals surface area contributed by atoms with Gasteiger partial charge in [-0.15, -0.1) is 0 Å². The largest absolute Gasteiger partial charge is 0.481 e. The van der Waals surface area contributed by atoms with Crippen molar-refractivity contribution < 1.29 is 18.3 Å². The average molecular weight is 315 g/mol. The van der Waals surface area contributed by atoms with Crippen LogP contribution in [0.3, 0.4) is 0 Å². The Balaban J connectivity index is 2.25. The summed E-state index contributed by atoms with van der Waals surface area (Å²) in [5, 5.41) is 9.08. The number of hydrogen-bond acceptors (Lipinski definition) is 4. The lowest BCUT2D eigenvalue weighted by atomic mass is 10.0. The van der Waals surface area contributed by atoms with Gasteiger partial charge in [0.25, 0.3) is 10.0 Å². The first kappa shape index (κ1) is 16.0. The highest BCUT2D eigenvalue weighted by Gasteiger charge is 2.34. The van der Waals surface area contributed by atoms with E-state index in [1.54, 1.807) is 13.1 Å². The fraction of sp³-hybridized carbons (Fsp3) is 0.692. The van der Waals surface area contributed by atoms with Crippen molar-refractivity contribution in [3.8, 4) is 0 Å². The molecule has 7 nitrogen and oxygen atoms in total. The van der Waals surface area contributed by atoms with Gasteiger partial charge in [0.1, 0.15) is 5.82 Å². The third-order valence-corrected chi connectivity index (χ3v) is 5.49. The summed E-state index contributed by atoms with van der Waals surface area (Å²) in [5.41, 5.74) is 0. The Morgan fingerprint density at radius 1 is 1.52 bits per heavy atom. The molecule has 0 unspecified atom stereocenters. The Bertz CT molecular complexity index is 623. The van der Waals surface area contributed by atoms with Crippen molar-refractivity contribution in [2.24, 2.45) is 5.92 Å². The second-order valence-corrected chi connectivity index (χ2v) is 7.24. The number of aliphatic carboxylic acids is 1. The van der Waals surface area contributed by atoms with Gasteiger partial charge >= 0.3 is 5.97 Å². The molecule has 1 aliphatic rings. The number of hydrogen-bond donors (Lipinski definition) is 1. The van der Waals surface area contributed by atoms with Gasteiger partial charge in [-0.25, -0.2) is 13.4 Å². The SMILES string of the molecule is CCCn1cc(S(=O)(=O)N2CCC[C@@H](C(=O)O)C2)nc1C. The fourth-order valence-corrected chi connectivity index (χ4v) is 4.08. The summed E-state index contributed by atoms with van der Waals surface area (Å²) >= 11 is 0. The van der Waals surface area contributed by atoms with Crippen LogP contribution in [0, 0.1) is 12.8 Å². The molecule has 0 radical (unpaired) electrons. The smallest absolute Gasteiger partial charge is 0.307 e. The molecule has 0 amide bonds. The monoisotopic (exact) mass is 315 g/mol. The number of sulfonamides is 1. The summed E-state index contributed by atoms with van der Waals surface area (Å²) in [5.74, 6) is -0.919. The van der Waals surface area contributed by atoms with Crippen molar-refractivity contribution in [3.63, 3.8) is 0 Å². The molecule has 1 aromatic heterocycles.